The molecule has 0 heterocycles. The molecule has 0 aromatic carbocycles. The number of aliphatic hydroxyl groups excluding tert-OH is 1. The third-order valence-electron chi connectivity index (χ3n) is 8.40. The van der Waals surface area contributed by atoms with Crippen molar-refractivity contribution in [3.8, 4) is 0 Å². The van der Waals surface area contributed by atoms with Crippen LogP contribution in [-0.2, 0) is 4.79 Å². The van der Waals surface area contributed by atoms with Gasteiger partial charge in [-0.15, -0.1) is 0 Å². The number of carbonyl (C=O) groups is 1. The second-order valence-electron chi connectivity index (χ2n) is 9.52. The summed E-state index contributed by atoms with van der Waals surface area (Å²) in [7, 11) is 0. The number of hydrogen-bond acceptors (Lipinski definition) is 2. The third kappa shape index (κ3) is 2.91. The molecule has 2 nitrogen and oxygen atoms in total. The number of allylic oxidation sites excluding steroid dienone is 3. The van der Waals surface area contributed by atoms with Gasteiger partial charge in [-0.1, -0.05) is 31.1 Å². The normalized spacial score (nSPS) is 45.7. The molecule has 2 saturated carbocycles. The maximum atomic E-state index is 12.2. The molecule has 4 aliphatic rings. The molecule has 0 aromatic rings. The topological polar surface area (TPSA) is 37.3 Å². The Labute approximate surface area is 188 Å². The molecular weight excluding hydrogens is 523 g/mol. The predicted molar refractivity (Wildman–Crippen MR) is 96.5 cm³/mol. The van der Waals surface area contributed by atoms with Crippen molar-refractivity contribution < 1.29 is 54.0 Å². The molecule has 0 amide bonds. The summed E-state index contributed by atoms with van der Waals surface area (Å²) in [5, 5.41) is 10.2. The number of ketones is 1. The molecule has 1 radical (unpaired) electrons. The van der Waals surface area contributed by atoms with E-state index in [9.17, 15) is 9.90 Å². The Morgan fingerprint density at radius 2 is 1.80 bits per heavy atom. The zero-order chi connectivity index (χ0) is 17.3. The van der Waals surface area contributed by atoms with Crippen LogP contribution in [0.25, 0.3) is 0 Å². The molecule has 6 atom stereocenters. The average molecular weight is 555 g/mol. The Hall–Kier alpha value is 0.552. The first-order chi connectivity index (χ1) is 11.3. The van der Waals surface area contributed by atoms with Crippen molar-refractivity contribution in [1.29, 1.82) is 0 Å². The second-order valence-corrected chi connectivity index (χ2v) is 9.52. The van der Waals surface area contributed by atoms with Crippen molar-refractivity contribution in [2.75, 3.05) is 0 Å². The Morgan fingerprint density at radius 3 is 2.48 bits per heavy atom. The maximum absolute atomic E-state index is 12.2. The number of fused-ring (bicyclic) bond motifs is 5. The summed E-state index contributed by atoms with van der Waals surface area (Å²) in [5.74, 6) is 2.37. The number of Topliss-reactive ketones (excluding diaryl/α,β-unsaturated/α-hetero) is 1. The van der Waals surface area contributed by atoms with E-state index in [1.165, 1.54) is 18.4 Å². The quantitative estimate of drug-likeness (QED) is 0.471. The monoisotopic (exact) mass is 555 g/mol. The zero-order valence-corrected chi connectivity index (χ0v) is 21.0. The maximum Gasteiger partial charge on any atom is 0.156 e. The smallest absolute Gasteiger partial charge is 0.156 e. The minimum atomic E-state index is -0.133. The van der Waals surface area contributed by atoms with E-state index >= 15 is 0 Å². The van der Waals surface area contributed by atoms with Crippen LogP contribution in [0.5, 0.6) is 0 Å². The molecule has 0 aliphatic heterocycles. The summed E-state index contributed by atoms with van der Waals surface area (Å²) >= 11 is 0. The molecule has 4 aliphatic carbocycles. The Balaban J connectivity index is 0.00000182. The zero-order valence-electron chi connectivity index (χ0n) is 16.3. The number of rotatable bonds is 1. The van der Waals surface area contributed by atoms with Crippen LogP contribution in [0.15, 0.2) is 22.8 Å². The van der Waals surface area contributed by atoms with Gasteiger partial charge in [0.25, 0.3) is 0 Å². The fraction of sp³-hybridized carbons (Fsp3) is 0.773. The number of carbonyl (C=O) groups excluding carboxylic acids is 1. The standard InChI is InChI=1S/C22H32O2.Ac/c1-13-11-16-18-6-5-17(14(2)23)21(18,3)10-8-19(16)22(4)9-7-15(24)12-20(13)22;/h5,15-16,18-19,24H,6-12H2,1-4H3;. The van der Waals surface area contributed by atoms with Gasteiger partial charge in [0.05, 0.1) is 6.10 Å². The molecule has 1 N–H and O–H groups in total. The van der Waals surface area contributed by atoms with Crippen molar-refractivity contribution in [1.82, 2.24) is 0 Å². The van der Waals surface area contributed by atoms with Gasteiger partial charge in [0, 0.05) is 44.1 Å². The molecule has 0 spiro atoms. The van der Waals surface area contributed by atoms with Gasteiger partial charge in [0.15, 0.2) is 5.78 Å². The van der Waals surface area contributed by atoms with Crippen molar-refractivity contribution in [2.24, 2.45) is 28.6 Å². The minimum absolute atomic E-state index is 0. The van der Waals surface area contributed by atoms with Crippen LogP contribution in [0.1, 0.15) is 72.6 Å². The second kappa shape index (κ2) is 6.86. The summed E-state index contributed by atoms with van der Waals surface area (Å²) < 4.78 is 0. The van der Waals surface area contributed by atoms with E-state index in [-0.39, 0.29) is 66.8 Å². The molecule has 0 saturated heterocycles. The van der Waals surface area contributed by atoms with E-state index in [1.807, 2.05) is 0 Å². The number of hydrogen-bond donors (Lipinski definition) is 1. The Bertz CT molecular complexity index is 648. The summed E-state index contributed by atoms with van der Waals surface area (Å²) in [6, 6.07) is 0. The Morgan fingerprint density at radius 1 is 1.12 bits per heavy atom. The van der Waals surface area contributed by atoms with E-state index in [0.717, 1.165) is 43.6 Å². The molecule has 25 heavy (non-hydrogen) atoms. The molecule has 135 valence electrons. The first kappa shape index (κ1) is 20.3. The predicted octanol–water partition coefficient (Wildman–Crippen LogP) is 4.83. The van der Waals surface area contributed by atoms with Crippen LogP contribution in [0.3, 0.4) is 0 Å². The van der Waals surface area contributed by atoms with Crippen molar-refractivity contribution >= 4 is 5.78 Å². The fourth-order valence-corrected chi connectivity index (χ4v) is 7.21. The molecule has 3 heteroatoms. The molecule has 2 fully saturated rings. The summed E-state index contributed by atoms with van der Waals surface area (Å²) in [5.41, 5.74) is 4.62. The molecule has 6 unspecified atom stereocenters. The van der Waals surface area contributed by atoms with Gasteiger partial charge in [0.2, 0.25) is 0 Å². The van der Waals surface area contributed by atoms with Crippen LogP contribution >= 0.6 is 0 Å². The van der Waals surface area contributed by atoms with Gasteiger partial charge in [-0.3, -0.25) is 4.79 Å². The van der Waals surface area contributed by atoms with Gasteiger partial charge in [0.1, 0.15) is 0 Å². The first-order valence-electron chi connectivity index (χ1n) is 9.86. The van der Waals surface area contributed by atoms with E-state index < -0.39 is 0 Å². The summed E-state index contributed by atoms with van der Waals surface area (Å²) in [4.78, 5) is 12.2. The van der Waals surface area contributed by atoms with Gasteiger partial charge < -0.3 is 5.11 Å². The van der Waals surface area contributed by atoms with E-state index in [4.69, 9.17) is 0 Å². The van der Waals surface area contributed by atoms with Crippen LogP contribution in [-0.4, -0.2) is 17.0 Å². The van der Waals surface area contributed by atoms with E-state index in [1.54, 1.807) is 12.5 Å². The van der Waals surface area contributed by atoms with Crippen molar-refractivity contribution in [3.05, 3.63) is 22.8 Å². The van der Waals surface area contributed by atoms with Gasteiger partial charge >= 0.3 is 0 Å². The molecular formula is C22H32AcO2. The van der Waals surface area contributed by atoms with Gasteiger partial charge in [-0.2, -0.15) is 0 Å². The summed E-state index contributed by atoms with van der Waals surface area (Å²) in [6.07, 6.45) is 9.79. The molecule has 4 rings (SSSR count). The third-order valence-corrected chi connectivity index (χ3v) is 8.40. The first-order valence-corrected chi connectivity index (χ1v) is 9.86. The van der Waals surface area contributed by atoms with Crippen molar-refractivity contribution in [2.45, 2.75) is 78.7 Å². The Kier molecular flexibility index (Phi) is 5.57. The van der Waals surface area contributed by atoms with Gasteiger partial charge in [-0.25, -0.2) is 0 Å². The van der Waals surface area contributed by atoms with Gasteiger partial charge in [-0.05, 0) is 93.0 Å². The van der Waals surface area contributed by atoms with E-state index in [2.05, 4.69) is 26.8 Å². The fourth-order valence-electron chi connectivity index (χ4n) is 7.21. The van der Waals surface area contributed by atoms with Crippen molar-refractivity contribution in [3.63, 3.8) is 0 Å². The van der Waals surface area contributed by atoms with Crippen LogP contribution in [0, 0.1) is 72.6 Å². The van der Waals surface area contributed by atoms with Crippen LogP contribution in [0.4, 0.5) is 0 Å². The largest absolute Gasteiger partial charge is 0.393 e. The number of aliphatic hydroxyl groups is 1. The van der Waals surface area contributed by atoms with Crippen LogP contribution < -0.4 is 0 Å². The molecule has 0 aromatic heterocycles. The van der Waals surface area contributed by atoms with E-state index in [0.29, 0.717) is 11.8 Å². The van der Waals surface area contributed by atoms with Crippen LogP contribution in [0.2, 0.25) is 0 Å². The SMILES string of the molecule is CC(=O)C1=CCC2C3CC(C)=C4CC(O)CCC4(C)C3CCC12C.[Ac]. The molecule has 0 bridgehead atoms. The minimum Gasteiger partial charge on any atom is -0.393 e. The average Bonchev–Trinajstić information content (AvgIpc) is 2.87. The summed E-state index contributed by atoms with van der Waals surface area (Å²) in [6.45, 7) is 8.89.